The lowest BCUT2D eigenvalue weighted by Crippen LogP contribution is -2.29. The van der Waals surface area contributed by atoms with Gasteiger partial charge in [-0.3, -0.25) is 19.7 Å². The molecular weight excluding hydrogens is 484 g/mol. The van der Waals surface area contributed by atoms with E-state index in [0.717, 1.165) is 16.7 Å². The number of aryl methyl sites for hydroxylation is 3. The molecule has 0 fully saturated rings. The zero-order valence-electron chi connectivity index (χ0n) is 20.5. The number of aromatic nitrogens is 3. The number of ether oxygens (including phenoxy) is 1. The van der Waals surface area contributed by atoms with Crippen molar-refractivity contribution in [2.45, 2.75) is 45.9 Å². The van der Waals surface area contributed by atoms with Crippen LogP contribution in [0.15, 0.2) is 41.6 Å². The summed E-state index contributed by atoms with van der Waals surface area (Å²) in [6.07, 6.45) is 0. The zero-order chi connectivity index (χ0) is 26.2. The Kier molecular flexibility index (Phi) is 9.01. The number of thioether (sulfide) groups is 1. The summed E-state index contributed by atoms with van der Waals surface area (Å²) in [5.41, 5.74) is 2.92. The van der Waals surface area contributed by atoms with Crippen LogP contribution in [-0.2, 0) is 22.7 Å². The summed E-state index contributed by atoms with van der Waals surface area (Å²) in [5, 5.41) is 25.3. The van der Waals surface area contributed by atoms with Crippen LogP contribution in [0.25, 0.3) is 0 Å². The van der Waals surface area contributed by atoms with E-state index in [2.05, 4.69) is 20.8 Å². The first-order chi connectivity index (χ1) is 17.2. The number of carbonyl (C=O) groups is 2. The molecule has 2 amide bonds. The van der Waals surface area contributed by atoms with Crippen LogP contribution >= 0.6 is 11.8 Å². The summed E-state index contributed by atoms with van der Waals surface area (Å²) in [6, 6.07) is 10.1. The number of rotatable bonds is 11. The number of nitrogens with one attached hydrogen (secondary N) is 2. The van der Waals surface area contributed by atoms with Gasteiger partial charge in [-0.25, -0.2) is 0 Å². The summed E-state index contributed by atoms with van der Waals surface area (Å²) in [6.45, 7) is 8.11. The van der Waals surface area contributed by atoms with E-state index in [1.165, 1.54) is 23.9 Å². The average Bonchev–Trinajstić information content (AvgIpc) is 3.24. The van der Waals surface area contributed by atoms with Crippen molar-refractivity contribution < 1.29 is 19.2 Å². The number of nitro groups is 1. The molecule has 0 aliphatic heterocycles. The quantitative estimate of drug-likeness (QED) is 0.226. The fraction of sp³-hybridized carbons (Fsp3) is 0.333. The Morgan fingerprint density at radius 1 is 1.08 bits per heavy atom. The minimum Gasteiger partial charge on any atom is -0.483 e. The molecule has 0 radical (unpaired) electrons. The summed E-state index contributed by atoms with van der Waals surface area (Å²) < 4.78 is 7.49. The van der Waals surface area contributed by atoms with Crippen LogP contribution in [0.3, 0.4) is 0 Å². The van der Waals surface area contributed by atoms with Gasteiger partial charge in [0.2, 0.25) is 5.91 Å². The molecule has 1 heterocycles. The standard InChI is InChI=1S/C24H28N6O5S/c1-5-29-20(12-25-21(31)13-35-23-16(3)7-6-8-17(23)4)27-28-24(29)36-14-22(32)26-19-11-18(30(33)34)10-9-15(19)2/h6-11H,5,12-14H2,1-4H3,(H,25,31)(H,26,32). The van der Waals surface area contributed by atoms with Crippen molar-refractivity contribution in [2.24, 2.45) is 0 Å². The smallest absolute Gasteiger partial charge is 0.271 e. The lowest BCUT2D eigenvalue weighted by molar-refractivity contribution is -0.384. The summed E-state index contributed by atoms with van der Waals surface area (Å²) >= 11 is 1.19. The number of non-ortho nitro benzene ring substituents is 1. The molecule has 0 bridgehead atoms. The number of hydrogen-bond acceptors (Lipinski definition) is 8. The molecule has 0 saturated heterocycles. The van der Waals surface area contributed by atoms with Crippen molar-refractivity contribution in [3.63, 3.8) is 0 Å². The number of benzene rings is 2. The predicted molar refractivity (Wildman–Crippen MR) is 136 cm³/mol. The number of amides is 2. The lowest BCUT2D eigenvalue weighted by atomic mass is 10.1. The Bertz CT molecular complexity index is 1260. The zero-order valence-corrected chi connectivity index (χ0v) is 21.3. The maximum absolute atomic E-state index is 12.4. The SMILES string of the molecule is CCn1c(CNC(=O)COc2c(C)cccc2C)nnc1SCC(=O)Nc1cc([N+](=O)[O-])ccc1C. The Morgan fingerprint density at radius 2 is 1.81 bits per heavy atom. The van der Waals surface area contributed by atoms with Crippen molar-refractivity contribution in [1.29, 1.82) is 0 Å². The van der Waals surface area contributed by atoms with Gasteiger partial charge in [-0.15, -0.1) is 10.2 Å². The van der Waals surface area contributed by atoms with E-state index in [1.807, 2.05) is 43.5 Å². The van der Waals surface area contributed by atoms with Gasteiger partial charge in [0.15, 0.2) is 17.6 Å². The number of nitrogens with zero attached hydrogens (tertiary/aromatic N) is 4. The first-order valence-corrected chi connectivity index (χ1v) is 12.2. The third-order valence-corrected chi connectivity index (χ3v) is 6.31. The first-order valence-electron chi connectivity index (χ1n) is 11.2. The van der Waals surface area contributed by atoms with Gasteiger partial charge in [0.25, 0.3) is 11.6 Å². The Hall–Kier alpha value is -3.93. The van der Waals surface area contributed by atoms with Crippen molar-refractivity contribution in [1.82, 2.24) is 20.1 Å². The number of hydrogen-bond donors (Lipinski definition) is 2. The van der Waals surface area contributed by atoms with E-state index in [4.69, 9.17) is 4.74 Å². The lowest BCUT2D eigenvalue weighted by Gasteiger charge is -2.12. The molecule has 36 heavy (non-hydrogen) atoms. The summed E-state index contributed by atoms with van der Waals surface area (Å²) in [5.74, 6) is 0.671. The van der Waals surface area contributed by atoms with Crippen LogP contribution in [0.1, 0.15) is 29.4 Å². The maximum Gasteiger partial charge on any atom is 0.271 e. The molecule has 0 atom stereocenters. The van der Waals surface area contributed by atoms with E-state index < -0.39 is 4.92 Å². The molecule has 0 spiro atoms. The minimum atomic E-state index is -0.510. The van der Waals surface area contributed by atoms with Gasteiger partial charge in [-0.2, -0.15) is 0 Å². The van der Waals surface area contributed by atoms with Crippen LogP contribution in [0.4, 0.5) is 11.4 Å². The number of carbonyl (C=O) groups excluding carboxylic acids is 2. The molecule has 0 saturated carbocycles. The fourth-order valence-electron chi connectivity index (χ4n) is 3.44. The molecule has 12 heteroatoms. The van der Waals surface area contributed by atoms with Gasteiger partial charge in [-0.05, 0) is 44.4 Å². The van der Waals surface area contributed by atoms with Crippen molar-refractivity contribution in [2.75, 3.05) is 17.7 Å². The molecule has 2 aromatic carbocycles. The first kappa shape index (κ1) is 26.7. The van der Waals surface area contributed by atoms with Crippen LogP contribution in [0.2, 0.25) is 0 Å². The highest BCUT2D eigenvalue weighted by molar-refractivity contribution is 7.99. The van der Waals surface area contributed by atoms with Crippen molar-refractivity contribution >= 4 is 35.0 Å². The van der Waals surface area contributed by atoms with Gasteiger partial charge >= 0.3 is 0 Å². The highest BCUT2D eigenvalue weighted by atomic mass is 32.2. The normalized spacial score (nSPS) is 10.7. The molecular formula is C24H28N6O5S. The van der Waals surface area contributed by atoms with Crippen molar-refractivity contribution in [3.05, 3.63) is 69.0 Å². The Balaban J connectivity index is 1.53. The molecule has 2 N–H and O–H groups in total. The number of para-hydroxylation sites is 1. The Labute approximate surface area is 212 Å². The number of nitro benzene ring substituents is 1. The minimum absolute atomic E-state index is 0.0379. The topological polar surface area (TPSA) is 141 Å². The summed E-state index contributed by atoms with van der Waals surface area (Å²) in [4.78, 5) is 35.2. The van der Waals surface area contributed by atoms with Crippen LogP contribution in [-0.4, -0.2) is 43.9 Å². The molecule has 3 rings (SSSR count). The predicted octanol–water partition coefficient (Wildman–Crippen LogP) is 3.56. The van der Waals surface area contributed by atoms with Gasteiger partial charge < -0.3 is 19.9 Å². The van der Waals surface area contributed by atoms with E-state index in [0.29, 0.717) is 29.0 Å². The molecule has 3 aromatic rings. The second-order valence-corrected chi connectivity index (χ2v) is 8.97. The van der Waals surface area contributed by atoms with E-state index in [1.54, 1.807) is 13.0 Å². The molecule has 0 aliphatic rings. The van der Waals surface area contributed by atoms with E-state index in [9.17, 15) is 19.7 Å². The monoisotopic (exact) mass is 512 g/mol. The van der Waals surface area contributed by atoms with Crippen LogP contribution in [0, 0.1) is 30.9 Å². The van der Waals surface area contributed by atoms with Crippen LogP contribution < -0.4 is 15.4 Å². The summed E-state index contributed by atoms with van der Waals surface area (Å²) in [7, 11) is 0. The average molecular weight is 513 g/mol. The number of anilines is 1. The van der Waals surface area contributed by atoms with Gasteiger partial charge in [-0.1, -0.05) is 36.0 Å². The van der Waals surface area contributed by atoms with E-state index in [-0.39, 0.29) is 36.4 Å². The second kappa shape index (κ2) is 12.2. The molecule has 11 nitrogen and oxygen atoms in total. The highest BCUT2D eigenvalue weighted by Gasteiger charge is 2.16. The van der Waals surface area contributed by atoms with E-state index >= 15 is 0 Å². The molecule has 1 aromatic heterocycles. The van der Waals surface area contributed by atoms with Gasteiger partial charge in [0.1, 0.15) is 5.75 Å². The Morgan fingerprint density at radius 3 is 2.47 bits per heavy atom. The molecule has 190 valence electrons. The third kappa shape index (κ3) is 6.81. The van der Waals surface area contributed by atoms with Gasteiger partial charge in [0.05, 0.1) is 22.9 Å². The third-order valence-electron chi connectivity index (χ3n) is 5.35. The maximum atomic E-state index is 12.4. The fourth-order valence-corrected chi connectivity index (χ4v) is 4.26. The molecule has 0 unspecified atom stereocenters. The van der Waals surface area contributed by atoms with Crippen LogP contribution in [0.5, 0.6) is 5.75 Å². The van der Waals surface area contributed by atoms with Gasteiger partial charge in [0, 0.05) is 18.7 Å². The highest BCUT2D eigenvalue weighted by Crippen LogP contribution is 2.24. The largest absolute Gasteiger partial charge is 0.483 e. The second-order valence-electron chi connectivity index (χ2n) is 8.02. The van der Waals surface area contributed by atoms with Crippen molar-refractivity contribution in [3.8, 4) is 5.75 Å². The molecule has 0 aliphatic carbocycles.